The Morgan fingerprint density at radius 2 is 1.72 bits per heavy atom. The van der Waals surface area contributed by atoms with Gasteiger partial charge in [-0.3, -0.25) is 0 Å². The Labute approximate surface area is 116 Å². The van der Waals surface area contributed by atoms with Crippen LogP contribution in [-0.2, 0) is 5.88 Å². The van der Waals surface area contributed by atoms with E-state index >= 15 is 0 Å². The Morgan fingerprint density at radius 1 is 1.11 bits per heavy atom. The summed E-state index contributed by atoms with van der Waals surface area (Å²) in [4.78, 5) is 0. The summed E-state index contributed by atoms with van der Waals surface area (Å²) in [6.45, 7) is 9.42. The highest BCUT2D eigenvalue weighted by atomic mass is 35.5. The highest BCUT2D eigenvalue weighted by Gasteiger charge is 2.14. The van der Waals surface area contributed by atoms with Crippen LogP contribution in [0.2, 0.25) is 0 Å². The van der Waals surface area contributed by atoms with E-state index in [9.17, 15) is 0 Å². The molecule has 18 heavy (non-hydrogen) atoms. The van der Waals surface area contributed by atoms with Crippen LogP contribution >= 0.6 is 11.6 Å². The maximum atomic E-state index is 5.82. The van der Waals surface area contributed by atoms with Gasteiger partial charge in [0.25, 0.3) is 0 Å². The molecule has 1 rings (SSSR count). The van der Waals surface area contributed by atoms with Crippen molar-refractivity contribution in [3.63, 3.8) is 0 Å². The third-order valence-electron chi connectivity index (χ3n) is 2.86. The van der Waals surface area contributed by atoms with Crippen molar-refractivity contribution in [3.8, 4) is 5.75 Å². The Morgan fingerprint density at radius 3 is 2.17 bits per heavy atom. The normalized spacial score (nSPS) is 13.1. The summed E-state index contributed by atoms with van der Waals surface area (Å²) in [7, 11) is 0. The third-order valence-corrected chi connectivity index (χ3v) is 3.17. The molecule has 0 spiro atoms. The van der Waals surface area contributed by atoms with Gasteiger partial charge in [-0.05, 0) is 23.6 Å². The summed E-state index contributed by atoms with van der Waals surface area (Å²) in [6, 6.07) is 8.80. The lowest BCUT2D eigenvalue weighted by Gasteiger charge is -2.25. The highest BCUT2D eigenvalue weighted by molar-refractivity contribution is 6.17. The van der Waals surface area contributed by atoms with Gasteiger partial charge in [0.1, 0.15) is 12.4 Å². The van der Waals surface area contributed by atoms with Crippen molar-refractivity contribution in [1.29, 1.82) is 0 Å². The van der Waals surface area contributed by atoms with E-state index in [1.54, 1.807) is 0 Å². The molecule has 1 N–H and O–H groups in total. The number of hydrogen-bond donors (Lipinski definition) is 1. The fourth-order valence-electron chi connectivity index (χ4n) is 1.72. The first kappa shape index (κ1) is 15.3. The van der Waals surface area contributed by atoms with Crippen molar-refractivity contribution in [2.45, 2.75) is 45.7 Å². The Kier molecular flexibility index (Phi) is 6.51. The average molecular weight is 270 g/mol. The van der Waals surface area contributed by atoms with Crippen molar-refractivity contribution in [2.75, 3.05) is 6.61 Å². The Balaban J connectivity index is 2.50. The predicted molar refractivity (Wildman–Crippen MR) is 78.4 cm³/mol. The van der Waals surface area contributed by atoms with E-state index in [1.165, 1.54) is 0 Å². The molecule has 0 bridgehead atoms. The summed E-state index contributed by atoms with van der Waals surface area (Å²) >= 11 is 5.75. The molecule has 0 radical (unpaired) electrons. The molecule has 0 aliphatic heterocycles. The first-order valence-corrected chi connectivity index (χ1v) is 7.10. The van der Waals surface area contributed by atoms with Gasteiger partial charge in [-0.1, -0.05) is 39.8 Å². The quantitative estimate of drug-likeness (QED) is 0.760. The largest absolute Gasteiger partial charge is 0.492 e. The second-order valence-electron chi connectivity index (χ2n) is 5.26. The first-order valence-electron chi connectivity index (χ1n) is 6.56. The molecular formula is C15H24ClNO. The minimum Gasteiger partial charge on any atom is -0.492 e. The topological polar surface area (TPSA) is 21.3 Å². The van der Waals surface area contributed by atoms with Gasteiger partial charge in [0.2, 0.25) is 0 Å². The van der Waals surface area contributed by atoms with Crippen LogP contribution in [0.5, 0.6) is 5.75 Å². The molecule has 0 amide bonds. The molecule has 3 heteroatoms. The minimum absolute atomic E-state index is 0.373. The summed E-state index contributed by atoms with van der Waals surface area (Å²) in [5.74, 6) is 2.00. The molecule has 102 valence electrons. The molecule has 0 aromatic heterocycles. The molecule has 1 aromatic rings. The van der Waals surface area contributed by atoms with E-state index in [0.29, 0.717) is 30.5 Å². The smallest absolute Gasteiger partial charge is 0.119 e. The number of ether oxygens (including phenoxy) is 1. The monoisotopic (exact) mass is 269 g/mol. The van der Waals surface area contributed by atoms with Crippen LogP contribution in [0.4, 0.5) is 0 Å². The third kappa shape index (κ3) is 5.28. The number of alkyl halides is 1. The van der Waals surface area contributed by atoms with Gasteiger partial charge >= 0.3 is 0 Å². The highest BCUT2D eigenvalue weighted by Crippen LogP contribution is 2.14. The lowest BCUT2D eigenvalue weighted by Crippen LogP contribution is -2.42. The lowest BCUT2D eigenvalue weighted by atomic mass is 10.0. The fourth-order valence-corrected chi connectivity index (χ4v) is 1.90. The zero-order valence-corrected chi connectivity index (χ0v) is 12.5. The Bertz CT molecular complexity index is 335. The SMILES string of the molecule is CC(C)NC(COc1ccc(CCl)cc1)C(C)C. The molecule has 0 heterocycles. The molecular weight excluding hydrogens is 246 g/mol. The van der Waals surface area contributed by atoms with Crippen molar-refractivity contribution in [3.05, 3.63) is 29.8 Å². The summed E-state index contributed by atoms with van der Waals surface area (Å²) in [6.07, 6.45) is 0. The average Bonchev–Trinajstić information content (AvgIpc) is 2.34. The van der Waals surface area contributed by atoms with Crippen molar-refractivity contribution in [1.82, 2.24) is 5.32 Å². The van der Waals surface area contributed by atoms with Gasteiger partial charge in [-0.15, -0.1) is 11.6 Å². The molecule has 1 atom stereocenters. The van der Waals surface area contributed by atoms with Gasteiger partial charge in [0, 0.05) is 18.0 Å². The zero-order chi connectivity index (χ0) is 13.5. The van der Waals surface area contributed by atoms with Gasteiger partial charge in [-0.2, -0.15) is 0 Å². The van der Waals surface area contributed by atoms with Crippen LogP contribution in [0.1, 0.15) is 33.3 Å². The Hall–Kier alpha value is -0.730. The van der Waals surface area contributed by atoms with Crippen molar-refractivity contribution >= 4 is 11.6 Å². The lowest BCUT2D eigenvalue weighted by molar-refractivity contribution is 0.221. The van der Waals surface area contributed by atoms with E-state index in [-0.39, 0.29) is 0 Å². The van der Waals surface area contributed by atoms with E-state index in [4.69, 9.17) is 16.3 Å². The number of benzene rings is 1. The number of halogens is 1. The van der Waals surface area contributed by atoms with Crippen molar-refractivity contribution in [2.24, 2.45) is 5.92 Å². The van der Waals surface area contributed by atoms with Crippen LogP contribution in [0.3, 0.4) is 0 Å². The van der Waals surface area contributed by atoms with E-state index in [2.05, 4.69) is 33.0 Å². The maximum Gasteiger partial charge on any atom is 0.119 e. The molecule has 1 aromatic carbocycles. The van der Waals surface area contributed by atoms with Crippen molar-refractivity contribution < 1.29 is 4.74 Å². The van der Waals surface area contributed by atoms with Gasteiger partial charge in [0.15, 0.2) is 0 Å². The first-order chi connectivity index (χ1) is 8.52. The second kappa shape index (κ2) is 7.65. The molecule has 0 fully saturated rings. The minimum atomic E-state index is 0.373. The molecule has 0 saturated heterocycles. The van der Waals surface area contributed by atoms with Gasteiger partial charge in [0.05, 0.1) is 0 Å². The zero-order valence-electron chi connectivity index (χ0n) is 11.7. The second-order valence-corrected chi connectivity index (χ2v) is 5.53. The number of hydrogen-bond acceptors (Lipinski definition) is 2. The van der Waals surface area contributed by atoms with Crippen LogP contribution in [0.15, 0.2) is 24.3 Å². The molecule has 1 unspecified atom stereocenters. The standard InChI is InChI=1S/C15H24ClNO/c1-11(2)15(17-12(3)4)10-18-14-7-5-13(9-16)6-8-14/h5-8,11-12,15,17H,9-10H2,1-4H3. The van der Waals surface area contributed by atoms with E-state index in [1.807, 2.05) is 24.3 Å². The van der Waals surface area contributed by atoms with E-state index in [0.717, 1.165) is 11.3 Å². The molecule has 0 aliphatic carbocycles. The maximum absolute atomic E-state index is 5.82. The number of rotatable bonds is 7. The summed E-state index contributed by atoms with van der Waals surface area (Å²) in [5, 5.41) is 3.53. The van der Waals surface area contributed by atoms with Crippen LogP contribution in [-0.4, -0.2) is 18.7 Å². The van der Waals surface area contributed by atoms with Crippen LogP contribution in [0.25, 0.3) is 0 Å². The van der Waals surface area contributed by atoms with Crippen LogP contribution in [0, 0.1) is 5.92 Å². The van der Waals surface area contributed by atoms with Gasteiger partial charge in [-0.25, -0.2) is 0 Å². The van der Waals surface area contributed by atoms with Crippen LogP contribution < -0.4 is 10.1 Å². The summed E-state index contributed by atoms with van der Waals surface area (Å²) in [5.41, 5.74) is 1.12. The molecule has 0 saturated carbocycles. The van der Waals surface area contributed by atoms with E-state index < -0.39 is 0 Å². The number of nitrogens with one attached hydrogen (secondary N) is 1. The fraction of sp³-hybridized carbons (Fsp3) is 0.600. The summed E-state index contributed by atoms with van der Waals surface area (Å²) < 4.78 is 5.82. The molecule has 0 aliphatic rings. The predicted octanol–water partition coefficient (Wildman–Crippen LogP) is 3.83. The molecule has 2 nitrogen and oxygen atoms in total. The van der Waals surface area contributed by atoms with Gasteiger partial charge < -0.3 is 10.1 Å².